The molecule has 3 heteroatoms. The van der Waals surface area contributed by atoms with E-state index in [0.29, 0.717) is 6.61 Å². The van der Waals surface area contributed by atoms with Gasteiger partial charge in [0.15, 0.2) is 0 Å². The van der Waals surface area contributed by atoms with E-state index in [1.807, 2.05) is 12.1 Å². The Morgan fingerprint density at radius 2 is 1.79 bits per heavy atom. The van der Waals surface area contributed by atoms with Crippen molar-refractivity contribution in [1.82, 2.24) is 4.90 Å². The van der Waals surface area contributed by atoms with Gasteiger partial charge < -0.3 is 4.74 Å². The molecule has 1 heterocycles. The van der Waals surface area contributed by atoms with Gasteiger partial charge in [-0.2, -0.15) is 0 Å². The summed E-state index contributed by atoms with van der Waals surface area (Å²) < 4.78 is 6.55. The quantitative estimate of drug-likeness (QED) is 0.743. The van der Waals surface area contributed by atoms with Crippen molar-refractivity contribution < 1.29 is 4.74 Å². The topological polar surface area (TPSA) is 12.5 Å². The lowest BCUT2D eigenvalue weighted by atomic mass is 9.92. The second-order valence-corrected chi connectivity index (χ2v) is 7.64. The molecule has 2 aliphatic rings. The van der Waals surface area contributed by atoms with Gasteiger partial charge in [-0.1, -0.05) is 54.1 Å². The SMILES string of the molecule is Clc1ccc(COC2(c3ccccc3)CCN(CC3CC3)C2)cc1. The summed E-state index contributed by atoms with van der Waals surface area (Å²) in [5, 5.41) is 0.771. The molecular formula is C21H24ClNO. The number of ether oxygens (including phenoxy) is 1. The van der Waals surface area contributed by atoms with Gasteiger partial charge in [0.25, 0.3) is 0 Å². The van der Waals surface area contributed by atoms with E-state index in [1.54, 1.807) is 0 Å². The lowest BCUT2D eigenvalue weighted by molar-refractivity contribution is -0.0540. The maximum absolute atomic E-state index is 6.55. The molecule has 0 bridgehead atoms. The Labute approximate surface area is 149 Å². The minimum atomic E-state index is -0.185. The molecule has 1 aliphatic carbocycles. The second-order valence-electron chi connectivity index (χ2n) is 7.20. The van der Waals surface area contributed by atoms with Gasteiger partial charge in [-0.05, 0) is 48.4 Å². The van der Waals surface area contributed by atoms with Crippen LogP contribution in [0.1, 0.15) is 30.4 Å². The summed E-state index contributed by atoms with van der Waals surface area (Å²) in [6, 6.07) is 18.7. The highest BCUT2D eigenvalue weighted by Gasteiger charge is 2.42. The summed E-state index contributed by atoms with van der Waals surface area (Å²) in [6.45, 7) is 4.00. The molecule has 1 saturated heterocycles. The molecular weight excluding hydrogens is 318 g/mol. The molecule has 4 rings (SSSR count). The zero-order valence-electron chi connectivity index (χ0n) is 14.0. The van der Waals surface area contributed by atoms with Gasteiger partial charge in [-0.25, -0.2) is 0 Å². The zero-order valence-corrected chi connectivity index (χ0v) is 14.7. The first-order chi connectivity index (χ1) is 11.7. The van der Waals surface area contributed by atoms with Gasteiger partial charge in [-0.3, -0.25) is 4.90 Å². The molecule has 0 amide bonds. The summed E-state index contributed by atoms with van der Waals surface area (Å²) in [7, 11) is 0. The maximum atomic E-state index is 6.55. The first-order valence-corrected chi connectivity index (χ1v) is 9.28. The molecule has 0 N–H and O–H groups in total. The van der Waals surface area contributed by atoms with E-state index in [1.165, 1.54) is 30.5 Å². The molecule has 2 aromatic carbocycles. The van der Waals surface area contributed by atoms with E-state index < -0.39 is 0 Å². The van der Waals surface area contributed by atoms with Crippen LogP contribution in [-0.4, -0.2) is 24.5 Å². The van der Waals surface area contributed by atoms with Crippen LogP contribution in [0.25, 0.3) is 0 Å². The number of hydrogen-bond donors (Lipinski definition) is 0. The highest BCUT2D eigenvalue weighted by molar-refractivity contribution is 6.30. The molecule has 1 unspecified atom stereocenters. The minimum absolute atomic E-state index is 0.185. The van der Waals surface area contributed by atoms with Crippen molar-refractivity contribution in [2.75, 3.05) is 19.6 Å². The number of likely N-dealkylation sites (tertiary alicyclic amines) is 1. The standard InChI is InChI=1S/C21H24ClNO/c22-20-10-8-18(9-11-20)15-24-21(19-4-2-1-3-5-19)12-13-23(16-21)14-17-6-7-17/h1-5,8-11,17H,6-7,12-16H2. The smallest absolute Gasteiger partial charge is 0.107 e. The average Bonchev–Trinajstić information content (AvgIpc) is 3.33. The highest BCUT2D eigenvalue weighted by atomic mass is 35.5. The molecule has 2 nitrogen and oxygen atoms in total. The fraction of sp³-hybridized carbons (Fsp3) is 0.429. The molecule has 126 valence electrons. The minimum Gasteiger partial charge on any atom is -0.364 e. The average molecular weight is 342 g/mol. The molecule has 0 spiro atoms. The predicted molar refractivity (Wildman–Crippen MR) is 98.1 cm³/mol. The number of rotatable bonds is 6. The Morgan fingerprint density at radius 1 is 1.04 bits per heavy atom. The predicted octanol–water partition coefficient (Wildman–Crippen LogP) is 4.87. The number of nitrogens with zero attached hydrogens (tertiary/aromatic N) is 1. The molecule has 1 aliphatic heterocycles. The monoisotopic (exact) mass is 341 g/mol. The van der Waals surface area contributed by atoms with Crippen LogP contribution in [0.15, 0.2) is 54.6 Å². The third kappa shape index (κ3) is 3.66. The summed E-state index contributed by atoms with van der Waals surface area (Å²) in [4.78, 5) is 2.59. The number of benzene rings is 2. The Balaban J connectivity index is 1.51. The van der Waals surface area contributed by atoms with E-state index in [0.717, 1.165) is 30.5 Å². The first-order valence-electron chi connectivity index (χ1n) is 8.90. The molecule has 0 aromatic heterocycles. The largest absolute Gasteiger partial charge is 0.364 e. The van der Waals surface area contributed by atoms with Crippen LogP contribution in [0, 0.1) is 5.92 Å². The number of hydrogen-bond acceptors (Lipinski definition) is 2. The van der Waals surface area contributed by atoms with Crippen molar-refractivity contribution in [3.63, 3.8) is 0 Å². The summed E-state index contributed by atoms with van der Waals surface area (Å²) >= 11 is 5.99. The second kappa shape index (κ2) is 6.87. The normalized spacial score (nSPS) is 24.4. The van der Waals surface area contributed by atoms with E-state index >= 15 is 0 Å². The Kier molecular flexibility index (Phi) is 4.62. The van der Waals surface area contributed by atoms with Crippen molar-refractivity contribution in [2.24, 2.45) is 5.92 Å². The molecule has 2 aromatic rings. The third-order valence-electron chi connectivity index (χ3n) is 5.25. The van der Waals surface area contributed by atoms with Crippen molar-refractivity contribution in [3.05, 3.63) is 70.7 Å². The van der Waals surface area contributed by atoms with Gasteiger partial charge in [-0.15, -0.1) is 0 Å². The fourth-order valence-electron chi connectivity index (χ4n) is 3.66. The van der Waals surface area contributed by atoms with Crippen LogP contribution < -0.4 is 0 Å². The van der Waals surface area contributed by atoms with Crippen LogP contribution in [-0.2, 0) is 16.9 Å². The fourth-order valence-corrected chi connectivity index (χ4v) is 3.79. The van der Waals surface area contributed by atoms with Gasteiger partial charge in [0.2, 0.25) is 0 Å². The molecule has 1 saturated carbocycles. The Morgan fingerprint density at radius 3 is 2.50 bits per heavy atom. The Hall–Kier alpha value is -1.35. The molecule has 1 atom stereocenters. The zero-order chi connectivity index (χ0) is 16.4. The lowest BCUT2D eigenvalue weighted by Crippen LogP contribution is -2.34. The van der Waals surface area contributed by atoms with Gasteiger partial charge >= 0.3 is 0 Å². The molecule has 2 fully saturated rings. The molecule has 24 heavy (non-hydrogen) atoms. The van der Waals surface area contributed by atoms with Crippen LogP contribution >= 0.6 is 11.6 Å². The van der Waals surface area contributed by atoms with E-state index in [9.17, 15) is 0 Å². The first kappa shape index (κ1) is 16.1. The number of halogens is 1. The van der Waals surface area contributed by atoms with Gasteiger partial charge in [0, 0.05) is 24.7 Å². The van der Waals surface area contributed by atoms with Crippen LogP contribution in [0.3, 0.4) is 0 Å². The van der Waals surface area contributed by atoms with Crippen molar-refractivity contribution in [1.29, 1.82) is 0 Å². The lowest BCUT2D eigenvalue weighted by Gasteiger charge is -2.31. The van der Waals surface area contributed by atoms with Crippen molar-refractivity contribution in [2.45, 2.75) is 31.5 Å². The third-order valence-corrected chi connectivity index (χ3v) is 5.50. The summed E-state index contributed by atoms with van der Waals surface area (Å²) in [5.74, 6) is 0.924. The van der Waals surface area contributed by atoms with Crippen LogP contribution in [0.4, 0.5) is 0 Å². The van der Waals surface area contributed by atoms with E-state index in [4.69, 9.17) is 16.3 Å². The van der Waals surface area contributed by atoms with Crippen LogP contribution in [0.5, 0.6) is 0 Å². The Bertz CT molecular complexity index is 668. The molecule has 0 radical (unpaired) electrons. The summed E-state index contributed by atoms with van der Waals surface area (Å²) in [6.07, 6.45) is 3.87. The van der Waals surface area contributed by atoms with E-state index in [-0.39, 0.29) is 5.60 Å². The van der Waals surface area contributed by atoms with Crippen molar-refractivity contribution >= 4 is 11.6 Å². The van der Waals surface area contributed by atoms with Crippen LogP contribution in [0.2, 0.25) is 5.02 Å². The highest BCUT2D eigenvalue weighted by Crippen LogP contribution is 2.39. The van der Waals surface area contributed by atoms with Gasteiger partial charge in [0.1, 0.15) is 5.60 Å². The van der Waals surface area contributed by atoms with Gasteiger partial charge in [0.05, 0.1) is 6.61 Å². The summed E-state index contributed by atoms with van der Waals surface area (Å²) in [5.41, 5.74) is 2.29. The maximum Gasteiger partial charge on any atom is 0.107 e. The van der Waals surface area contributed by atoms with Crippen molar-refractivity contribution in [3.8, 4) is 0 Å². The van der Waals surface area contributed by atoms with E-state index in [2.05, 4.69) is 47.4 Å².